The number of nitrogens with one attached hydrogen (secondary N) is 1. The molecule has 0 amide bonds. The van der Waals surface area contributed by atoms with Crippen LogP contribution in [0.5, 0.6) is 0 Å². The Morgan fingerprint density at radius 2 is 2.31 bits per heavy atom. The number of hydrogen-bond acceptors (Lipinski definition) is 4. The smallest absolute Gasteiger partial charge is 0.124 e. The van der Waals surface area contributed by atoms with E-state index in [2.05, 4.69) is 16.5 Å². The SMILES string of the molecule is CC(C)(C#N)CCCCNCc1ccon1. The molecule has 0 bridgehead atoms. The minimum atomic E-state index is -0.188. The van der Waals surface area contributed by atoms with Gasteiger partial charge in [0.05, 0.1) is 17.2 Å². The van der Waals surface area contributed by atoms with Crippen molar-refractivity contribution in [1.82, 2.24) is 10.5 Å². The van der Waals surface area contributed by atoms with Crippen molar-refractivity contribution in [3.63, 3.8) is 0 Å². The maximum absolute atomic E-state index is 8.84. The van der Waals surface area contributed by atoms with Gasteiger partial charge in [0.2, 0.25) is 0 Å². The Morgan fingerprint density at radius 3 is 2.94 bits per heavy atom. The Labute approximate surface area is 96.6 Å². The number of nitrogens with zero attached hydrogens (tertiary/aromatic N) is 2. The van der Waals surface area contributed by atoms with Crippen molar-refractivity contribution in [2.24, 2.45) is 5.41 Å². The minimum absolute atomic E-state index is 0.188. The molecule has 0 atom stereocenters. The van der Waals surface area contributed by atoms with Crippen LogP contribution in [0.25, 0.3) is 0 Å². The van der Waals surface area contributed by atoms with Gasteiger partial charge in [-0.2, -0.15) is 5.26 Å². The van der Waals surface area contributed by atoms with E-state index in [1.54, 1.807) is 6.26 Å². The first kappa shape index (κ1) is 12.7. The van der Waals surface area contributed by atoms with Crippen molar-refractivity contribution >= 4 is 0 Å². The zero-order valence-electron chi connectivity index (χ0n) is 9.99. The summed E-state index contributed by atoms with van der Waals surface area (Å²) in [6, 6.07) is 4.16. The molecule has 0 aliphatic rings. The summed E-state index contributed by atoms with van der Waals surface area (Å²) in [5.74, 6) is 0. The molecule has 0 aromatic carbocycles. The number of hydrogen-bond donors (Lipinski definition) is 1. The molecule has 0 aliphatic carbocycles. The third-order valence-electron chi connectivity index (χ3n) is 2.51. The monoisotopic (exact) mass is 221 g/mol. The van der Waals surface area contributed by atoms with Crippen LogP contribution < -0.4 is 5.32 Å². The minimum Gasteiger partial charge on any atom is -0.364 e. The Balaban J connectivity index is 1.99. The molecule has 1 aromatic rings. The summed E-state index contributed by atoms with van der Waals surface area (Å²) in [6.45, 7) is 5.66. The molecule has 0 unspecified atom stereocenters. The van der Waals surface area contributed by atoms with E-state index >= 15 is 0 Å². The van der Waals surface area contributed by atoms with Crippen LogP contribution in [0.4, 0.5) is 0 Å². The number of unbranched alkanes of at least 4 members (excludes halogenated alkanes) is 1. The average molecular weight is 221 g/mol. The van der Waals surface area contributed by atoms with Gasteiger partial charge in [0.25, 0.3) is 0 Å². The second-order valence-electron chi connectivity index (χ2n) is 4.62. The van der Waals surface area contributed by atoms with E-state index in [-0.39, 0.29) is 5.41 Å². The summed E-state index contributed by atoms with van der Waals surface area (Å²) in [6.07, 6.45) is 4.69. The Hall–Kier alpha value is -1.34. The van der Waals surface area contributed by atoms with E-state index in [1.165, 1.54) is 0 Å². The summed E-state index contributed by atoms with van der Waals surface area (Å²) in [4.78, 5) is 0. The first-order valence-corrected chi connectivity index (χ1v) is 5.65. The van der Waals surface area contributed by atoms with Crippen molar-refractivity contribution in [2.45, 2.75) is 39.7 Å². The topological polar surface area (TPSA) is 61.9 Å². The third-order valence-corrected chi connectivity index (χ3v) is 2.51. The molecule has 1 rings (SSSR count). The lowest BCUT2D eigenvalue weighted by Crippen LogP contribution is -2.16. The fourth-order valence-electron chi connectivity index (χ4n) is 1.42. The van der Waals surface area contributed by atoms with Crippen LogP contribution in [-0.2, 0) is 6.54 Å². The molecule has 1 N–H and O–H groups in total. The highest BCUT2D eigenvalue weighted by Gasteiger charge is 2.15. The zero-order valence-corrected chi connectivity index (χ0v) is 9.99. The number of nitriles is 1. The maximum Gasteiger partial charge on any atom is 0.124 e. The van der Waals surface area contributed by atoms with Gasteiger partial charge in [-0.3, -0.25) is 0 Å². The summed E-state index contributed by atoms with van der Waals surface area (Å²) < 4.78 is 4.73. The molecule has 4 nitrogen and oxygen atoms in total. The molecule has 4 heteroatoms. The molecule has 0 spiro atoms. The van der Waals surface area contributed by atoms with Gasteiger partial charge in [0.1, 0.15) is 6.26 Å². The Bertz CT molecular complexity index is 325. The van der Waals surface area contributed by atoms with Gasteiger partial charge in [0.15, 0.2) is 0 Å². The summed E-state index contributed by atoms with van der Waals surface area (Å²) in [5.41, 5.74) is 0.740. The molecule has 0 aliphatic heterocycles. The fraction of sp³-hybridized carbons (Fsp3) is 0.667. The average Bonchev–Trinajstić information content (AvgIpc) is 2.76. The van der Waals surface area contributed by atoms with Crippen molar-refractivity contribution in [3.8, 4) is 6.07 Å². The number of rotatable bonds is 7. The Kier molecular flexibility index (Phi) is 5.00. The molecule has 16 heavy (non-hydrogen) atoms. The molecule has 1 aromatic heterocycles. The van der Waals surface area contributed by atoms with Crippen molar-refractivity contribution < 1.29 is 4.52 Å². The Morgan fingerprint density at radius 1 is 1.50 bits per heavy atom. The normalized spacial score (nSPS) is 11.3. The molecule has 0 saturated carbocycles. The second-order valence-corrected chi connectivity index (χ2v) is 4.62. The highest BCUT2D eigenvalue weighted by molar-refractivity contribution is 4.94. The molecule has 88 valence electrons. The van der Waals surface area contributed by atoms with Crippen LogP contribution in [-0.4, -0.2) is 11.7 Å². The lowest BCUT2D eigenvalue weighted by Gasteiger charge is -2.14. The zero-order chi connectivity index (χ0) is 11.9. The summed E-state index contributed by atoms with van der Waals surface area (Å²) in [5, 5.41) is 15.9. The number of aromatic nitrogens is 1. The van der Waals surface area contributed by atoms with Gasteiger partial charge in [-0.15, -0.1) is 0 Å². The van der Waals surface area contributed by atoms with E-state index in [0.717, 1.165) is 38.0 Å². The van der Waals surface area contributed by atoms with Gasteiger partial charge in [-0.1, -0.05) is 11.6 Å². The van der Waals surface area contributed by atoms with Gasteiger partial charge < -0.3 is 9.84 Å². The molecular formula is C12H19N3O. The predicted molar refractivity (Wildman–Crippen MR) is 61.5 cm³/mol. The van der Waals surface area contributed by atoms with Gasteiger partial charge in [-0.25, -0.2) is 0 Å². The molecule has 0 saturated heterocycles. The van der Waals surface area contributed by atoms with Gasteiger partial charge >= 0.3 is 0 Å². The first-order valence-electron chi connectivity index (χ1n) is 5.65. The van der Waals surface area contributed by atoms with Crippen LogP contribution >= 0.6 is 0 Å². The van der Waals surface area contributed by atoms with E-state index in [9.17, 15) is 0 Å². The lowest BCUT2D eigenvalue weighted by molar-refractivity contribution is 0.405. The fourth-order valence-corrected chi connectivity index (χ4v) is 1.42. The van der Waals surface area contributed by atoms with Crippen LogP contribution in [0.2, 0.25) is 0 Å². The summed E-state index contributed by atoms with van der Waals surface area (Å²) >= 11 is 0. The van der Waals surface area contributed by atoms with Crippen molar-refractivity contribution in [2.75, 3.05) is 6.54 Å². The molecular weight excluding hydrogens is 202 g/mol. The maximum atomic E-state index is 8.84. The summed E-state index contributed by atoms with van der Waals surface area (Å²) in [7, 11) is 0. The standard InChI is InChI=1S/C12H19N3O/c1-12(2,10-13)6-3-4-7-14-9-11-5-8-16-15-11/h5,8,14H,3-4,6-7,9H2,1-2H3. The molecule has 1 heterocycles. The molecule has 0 fully saturated rings. The van der Waals surface area contributed by atoms with Gasteiger partial charge in [-0.05, 0) is 33.2 Å². The quantitative estimate of drug-likeness (QED) is 0.718. The first-order chi connectivity index (χ1) is 7.64. The third kappa shape index (κ3) is 4.94. The van der Waals surface area contributed by atoms with E-state index in [4.69, 9.17) is 9.78 Å². The lowest BCUT2D eigenvalue weighted by atomic mass is 9.89. The van der Waals surface area contributed by atoms with E-state index in [1.807, 2.05) is 19.9 Å². The highest BCUT2D eigenvalue weighted by atomic mass is 16.5. The molecule has 0 radical (unpaired) electrons. The largest absolute Gasteiger partial charge is 0.364 e. The van der Waals surface area contributed by atoms with Crippen LogP contribution in [0.3, 0.4) is 0 Å². The van der Waals surface area contributed by atoms with Crippen LogP contribution in [0, 0.1) is 16.7 Å². The van der Waals surface area contributed by atoms with Crippen molar-refractivity contribution in [1.29, 1.82) is 5.26 Å². The highest BCUT2D eigenvalue weighted by Crippen LogP contribution is 2.21. The second kappa shape index (κ2) is 6.29. The predicted octanol–water partition coefficient (Wildman–Crippen LogP) is 2.48. The van der Waals surface area contributed by atoms with Crippen LogP contribution in [0.15, 0.2) is 16.9 Å². The van der Waals surface area contributed by atoms with Crippen molar-refractivity contribution in [3.05, 3.63) is 18.0 Å². The van der Waals surface area contributed by atoms with Gasteiger partial charge in [0, 0.05) is 12.6 Å². The van der Waals surface area contributed by atoms with Crippen LogP contribution in [0.1, 0.15) is 38.8 Å². The van der Waals surface area contributed by atoms with E-state index in [0.29, 0.717) is 0 Å². The van der Waals surface area contributed by atoms with E-state index < -0.39 is 0 Å².